The first-order valence-electron chi connectivity index (χ1n) is 5.80. The highest BCUT2D eigenvalue weighted by atomic mass is 32.2. The summed E-state index contributed by atoms with van der Waals surface area (Å²) in [5.41, 5.74) is -0.782. The number of nitrogens with one attached hydrogen (secondary N) is 1. The summed E-state index contributed by atoms with van der Waals surface area (Å²) in [4.78, 5) is 11.8. The monoisotopic (exact) mass is 265 g/mol. The molecule has 0 saturated carbocycles. The summed E-state index contributed by atoms with van der Waals surface area (Å²) < 4.78 is 27.3. The summed E-state index contributed by atoms with van der Waals surface area (Å²) in [6, 6.07) is 0. The van der Waals surface area contributed by atoms with E-state index >= 15 is 0 Å². The molecule has 0 heterocycles. The number of carbonyl (C=O) groups is 1. The van der Waals surface area contributed by atoms with Crippen LogP contribution in [0.2, 0.25) is 0 Å². The normalized spacial score (nSPS) is 17.2. The molecule has 2 unspecified atom stereocenters. The van der Waals surface area contributed by atoms with E-state index < -0.39 is 15.7 Å². The second-order valence-electron chi connectivity index (χ2n) is 4.58. The van der Waals surface area contributed by atoms with Crippen molar-refractivity contribution >= 4 is 16.0 Å². The van der Waals surface area contributed by atoms with Gasteiger partial charge in [-0.2, -0.15) is 8.42 Å². The number of hydrogen-bond acceptors (Lipinski definition) is 4. The summed E-state index contributed by atoms with van der Waals surface area (Å²) in [5, 5.41) is 2.79. The third-order valence-corrected chi connectivity index (χ3v) is 4.51. The van der Waals surface area contributed by atoms with Crippen LogP contribution in [-0.2, 0) is 19.1 Å². The standard InChI is InChI=1S/C11H23NO4S/c1-6-9(3)10(13)12-11(4,7-2)8-17(14,15)16-5/h9H,6-8H2,1-5H3,(H,12,13). The second-order valence-corrected chi connectivity index (χ2v) is 6.32. The minimum absolute atomic E-state index is 0.119. The van der Waals surface area contributed by atoms with Crippen LogP contribution in [0.5, 0.6) is 0 Å². The highest BCUT2D eigenvalue weighted by Crippen LogP contribution is 2.15. The fourth-order valence-electron chi connectivity index (χ4n) is 1.28. The molecule has 0 aliphatic rings. The first kappa shape index (κ1) is 16.4. The summed E-state index contributed by atoms with van der Waals surface area (Å²) in [5.74, 6) is -0.455. The van der Waals surface area contributed by atoms with Crippen molar-refractivity contribution in [2.45, 2.75) is 46.1 Å². The van der Waals surface area contributed by atoms with Crippen molar-refractivity contribution in [3.05, 3.63) is 0 Å². The Morgan fingerprint density at radius 2 is 1.94 bits per heavy atom. The summed E-state index contributed by atoms with van der Waals surface area (Å²) >= 11 is 0. The zero-order valence-electron chi connectivity index (χ0n) is 11.2. The van der Waals surface area contributed by atoms with Gasteiger partial charge in [-0.05, 0) is 19.8 Å². The number of carbonyl (C=O) groups excluding carboxylic acids is 1. The third kappa shape index (κ3) is 5.50. The Hall–Kier alpha value is -0.620. The van der Waals surface area contributed by atoms with Gasteiger partial charge in [0.15, 0.2) is 0 Å². The van der Waals surface area contributed by atoms with E-state index in [9.17, 15) is 13.2 Å². The Balaban J connectivity index is 4.75. The maximum atomic E-state index is 11.8. The minimum Gasteiger partial charge on any atom is -0.350 e. The average Bonchev–Trinajstić information content (AvgIpc) is 2.27. The molecule has 0 spiro atoms. The van der Waals surface area contributed by atoms with Gasteiger partial charge in [0.2, 0.25) is 5.91 Å². The zero-order valence-corrected chi connectivity index (χ0v) is 12.1. The number of hydrogen-bond donors (Lipinski definition) is 1. The number of amides is 1. The minimum atomic E-state index is -3.58. The molecule has 0 radical (unpaired) electrons. The molecule has 5 nitrogen and oxygen atoms in total. The largest absolute Gasteiger partial charge is 0.350 e. The molecule has 0 rings (SSSR count). The Labute approximate surface area is 104 Å². The summed E-state index contributed by atoms with van der Waals surface area (Å²) in [7, 11) is -2.46. The van der Waals surface area contributed by atoms with Gasteiger partial charge in [-0.1, -0.05) is 20.8 Å². The number of rotatable bonds is 7. The Bertz CT molecular complexity index is 352. The van der Waals surface area contributed by atoms with Crippen molar-refractivity contribution < 1.29 is 17.4 Å². The summed E-state index contributed by atoms with van der Waals surface area (Å²) in [6.45, 7) is 7.28. The van der Waals surface area contributed by atoms with Crippen LogP contribution in [0.4, 0.5) is 0 Å². The first-order chi connectivity index (χ1) is 7.69. The van der Waals surface area contributed by atoms with Crippen molar-refractivity contribution in [2.24, 2.45) is 5.92 Å². The molecule has 0 aromatic heterocycles. The van der Waals surface area contributed by atoms with E-state index in [1.165, 1.54) is 0 Å². The third-order valence-electron chi connectivity index (χ3n) is 3.01. The highest BCUT2D eigenvalue weighted by molar-refractivity contribution is 7.86. The van der Waals surface area contributed by atoms with E-state index in [0.717, 1.165) is 13.5 Å². The topological polar surface area (TPSA) is 72.5 Å². The van der Waals surface area contributed by atoms with Crippen LogP contribution in [-0.4, -0.2) is 32.7 Å². The van der Waals surface area contributed by atoms with Crippen LogP contribution in [0.3, 0.4) is 0 Å². The molecule has 0 fully saturated rings. The maximum Gasteiger partial charge on any atom is 0.269 e. The van der Waals surface area contributed by atoms with E-state index in [0.29, 0.717) is 6.42 Å². The SMILES string of the molecule is CCC(C)C(=O)NC(C)(CC)CS(=O)(=O)OC. The first-order valence-corrected chi connectivity index (χ1v) is 7.37. The molecule has 2 atom stereocenters. The van der Waals surface area contributed by atoms with E-state index in [1.807, 2.05) is 20.8 Å². The Morgan fingerprint density at radius 1 is 1.41 bits per heavy atom. The van der Waals surface area contributed by atoms with Gasteiger partial charge in [-0.3, -0.25) is 8.98 Å². The van der Waals surface area contributed by atoms with Crippen LogP contribution in [0, 0.1) is 5.92 Å². The molecule has 1 amide bonds. The molecule has 0 bridgehead atoms. The molecule has 0 aliphatic heterocycles. The predicted octanol–water partition coefficient (Wildman–Crippen LogP) is 1.29. The molecule has 0 saturated heterocycles. The quantitative estimate of drug-likeness (QED) is 0.704. The van der Waals surface area contributed by atoms with Gasteiger partial charge >= 0.3 is 0 Å². The molecule has 0 aliphatic carbocycles. The molecular weight excluding hydrogens is 242 g/mol. The van der Waals surface area contributed by atoms with Gasteiger partial charge in [-0.15, -0.1) is 0 Å². The van der Waals surface area contributed by atoms with Crippen molar-refractivity contribution in [3.63, 3.8) is 0 Å². The molecule has 6 heteroatoms. The molecular formula is C11H23NO4S. The van der Waals surface area contributed by atoms with E-state index in [4.69, 9.17) is 0 Å². The van der Waals surface area contributed by atoms with Crippen molar-refractivity contribution in [1.29, 1.82) is 0 Å². The summed E-state index contributed by atoms with van der Waals surface area (Å²) in [6.07, 6.45) is 1.25. The smallest absolute Gasteiger partial charge is 0.269 e. The van der Waals surface area contributed by atoms with Crippen LogP contribution < -0.4 is 5.32 Å². The van der Waals surface area contributed by atoms with Crippen LogP contribution >= 0.6 is 0 Å². The van der Waals surface area contributed by atoms with E-state index in [-0.39, 0.29) is 17.6 Å². The Kier molecular flexibility index (Phi) is 6.12. The zero-order chi connectivity index (χ0) is 13.7. The lowest BCUT2D eigenvalue weighted by atomic mass is 9.99. The van der Waals surface area contributed by atoms with Gasteiger partial charge in [0.05, 0.1) is 18.4 Å². The van der Waals surface area contributed by atoms with E-state index in [1.54, 1.807) is 6.92 Å². The molecule has 1 N–H and O–H groups in total. The molecule has 17 heavy (non-hydrogen) atoms. The van der Waals surface area contributed by atoms with Gasteiger partial charge in [0.25, 0.3) is 10.1 Å². The van der Waals surface area contributed by atoms with Crippen molar-refractivity contribution in [2.75, 3.05) is 12.9 Å². The molecule has 102 valence electrons. The van der Waals surface area contributed by atoms with Gasteiger partial charge in [0, 0.05) is 5.92 Å². The molecule has 0 aromatic rings. The van der Waals surface area contributed by atoms with Crippen molar-refractivity contribution in [1.82, 2.24) is 5.32 Å². The van der Waals surface area contributed by atoms with Crippen LogP contribution in [0.15, 0.2) is 0 Å². The fourth-order valence-corrected chi connectivity index (χ4v) is 2.46. The highest BCUT2D eigenvalue weighted by Gasteiger charge is 2.31. The Morgan fingerprint density at radius 3 is 2.29 bits per heavy atom. The lowest BCUT2D eigenvalue weighted by molar-refractivity contribution is -0.126. The molecule has 0 aromatic carbocycles. The average molecular weight is 265 g/mol. The lowest BCUT2D eigenvalue weighted by Gasteiger charge is -2.30. The maximum absolute atomic E-state index is 11.8. The van der Waals surface area contributed by atoms with Gasteiger partial charge in [-0.25, -0.2) is 0 Å². The van der Waals surface area contributed by atoms with Crippen LogP contribution in [0.25, 0.3) is 0 Å². The van der Waals surface area contributed by atoms with Gasteiger partial charge < -0.3 is 5.32 Å². The second kappa shape index (κ2) is 6.35. The van der Waals surface area contributed by atoms with Crippen molar-refractivity contribution in [3.8, 4) is 0 Å². The van der Waals surface area contributed by atoms with Gasteiger partial charge in [0.1, 0.15) is 0 Å². The van der Waals surface area contributed by atoms with Crippen LogP contribution in [0.1, 0.15) is 40.5 Å². The lowest BCUT2D eigenvalue weighted by Crippen LogP contribution is -2.51. The predicted molar refractivity (Wildman–Crippen MR) is 67.1 cm³/mol. The van der Waals surface area contributed by atoms with E-state index in [2.05, 4.69) is 9.50 Å². The fraction of sp³-hybridized carbons (Fsp3) is 0.909.